The van der Waals surface area contributed by atoms with Crippen LogP contribution in [0.4, 0.5) is 17.5 Å². The quantitative estimate of drug-likeness (QED) is 0.693. The van der Waals surface area contributed by atoms with Crippen LogP contribution in [0.1, 0.15) is 13.8 Å². The molecular weight excluding hydrogens is 186 g/mol. The molecule has 0 saturated carbocycles. The third kappa shape index (κ3) is 2.06. The van der Waals surface area contributed by atoms with Crippen molar-refractivity contribution >= 4 is 17.5 Å². The van der Waals surface area contributed by atoms with Crippen molar-refractivity contribution in [3.05, 3.63) is 4.91 Å². The van der Waals surface area contributed by atoms with E-state index in [9.17, 15) is 4.91 Å². The molecule has 4 N–H and O–H groups in total. The Morgan fingerprint density at radius 1 is 1.36 bits per heavy atom. The van der Waals surface area contributed by atoms with E-state index < -0.39 is 0 Å². The van der Waals surface area contributed by atoms with E-state index in [1.807, 2.05) is 0 Å². The van der Waals surface area contributed by atoms with Gasteiger partial charge in [-0.2, -0.15) is 9.97 Å². The van der Waals surface area contributed by atoms with Crippen LogP contribution in [0.5, 0.6) is 5.88 Å². The van der Waals surface area contributed by atoms with Crippen molar-refractivity contribution in [1.29, 1.82) is 0 Å². The third-order valence-corrected chi connectivity index (χ3v) is 1.33. The van der Waals surface area contributed by atoms with Gasteiger partial charge in [-0.15, -0.1) is 4.91 Å². The van der Waals surface area contributed by atoms with Gasteiger partial charge in [0.25, 0.3) is 5.88 Å². The van der Waals surface area contributed by atoms with E-state index in [-0.39, 0.29) is 29.4 Å². The van der Waals surface area contributed by atoms with Gasteiger partial charge in [-0.3, -0.25) is 0 Å². The van der Waals surface area contributed by atoms with Gasteiger partial charge in [0.15, 0.2) is 5.82 Å². The summed E-state index contributed by atoms with van der Waals surface area (Å²) in [6.07, 6.45) is -0.149. The maximum atomic E-state index is 10.4. The first-order valence-electron chi connectivity index (χ1n) is 3.97. The molecule has 0 unspecified atom stereocenters. The normalized spacial score (nSPS) is 10.2. The summed E-state index contributed by atoms with van der Waals surface area (Å²) in [5.74, 6) is -0.117. The fourth-order valence-corrected chi connectivity index (χ4v) is 0.859. The van der Waals surface area contributed by atoms with Gasteiger partial charge in [-0.05, 0) is 19.0 Å². The number of aromatic nitrogens is 2. The average molecular weight is 197 g/mol. The minimum absolute atomic E-state index is 0.0139. The molecular formula is C7H11N5O2. The molecule has 0 amide bonds. The van der Waals surface area contributed by atoms with Crippen LogP contribution in [-0.4, -0.2) is 16.1 Å². The van der Waals surface area contributed by atoms with Gasteiger partial charge in [0.05, 0.1) is 6.10 Å². The number of nitrogens with two attached hydrogens (primary N) is 2. The lowest BCUT2D eigenvalue weighted by molar-refractivity contribution is 0.234. The highest BCUT2D eigenvalue weighted by Gasteiger charge is 2.14. The van der Waals surface area contributed by atoms with Gasteiger partial charge in [-0.25, -0.2) is 0 Å². The van der Waals surface area contributed by atoms with Gasteiger partial charge in [0.1, 0.15) is 0 Å². The highest BCUT2D eigenvalue weighted by molar-refractivity contribution is 5.65. The number of nitroso groups, excluding NO2 is 1. The SMILES string of the molecule is CC(C)Oc1nc(N)nc(N)c1N=O. The second-order valence-electron chi connectivity index (χ2n) is 2.88. The van der Waals surface area contributed by atoms with Crippen LogP contribution in [-0.2, 0) is 0 Å². The van der Waals surface area contributed by atoms with Crippen molar-refractivity contribution in [2.75, 3.05) is 11.5 Å². The van der Waals surface area contributed by atoms with Gasteiger partial charge in [-0.1, -0.05) is 0 Å². The van der Waals surface area contributed by atoms with Gasteiger partial charge in [0.2, 0.25) is 11.6 Å². The predicted molar refractivity (Wildman–Crippen MR) is 52.1 cm³/mol. The molecule has 7 heteroatoms. The molecule has 0 aliphatic heterocycles. The molecule has 1 rings (SSSR count). The molecule has 1 aromatic heterocycles. The minimum Gasteiger partial charge on any atom is -0.473 e. The fraction of sp³-hybridized carbons (Fsp3) is 0.429. The summed E-state index contributed by atoms with van der Waals surface area (Å²) in [6, 6.07) is 0. The zero-order valence-electron chi connectivity index (χ0n) is 7.89. The maximum absolute atomic E-state index is 10.4. The first-order valence-corrected chi connectivity index (χ1v) is 3.97. The number of anilines is 2. The zero-order valence-corrected chi connectivity index (χ0v) is 7.89. The lowest BCUT2D eigenvalue weighted by atomic mass is 10.4. The average Bonchev–Trinajstić information content (AvgIpc) is 2.01. The predicted octanol–water partition coefficient (Wildman–Crippen LogP) is 0.826. The van der Waals surface area contributed by atoms with Crippen LogP contribution in [0.15, 0.2) is 5.18 Å². The van der Waals surface area contributed by atoms with Crippen molar-refractivity contribution < 1.29 is 4.74 Å². The lowest BCUT2D eigenvalue weighted by Gasteiger charge is -2.10. The van der Waals surface area contributed by atoms with E-state index >= 15 is 0 Å². The van der Waals surface area contributed by atoms with Crippen LogP contribution in [0.3, 0.4) is 0 Å². The van der Waals surface area contributed by atoms with Crippen molar-refractivity contribution in [2.45, 2.75) is 20.0 Å². The Morgan fingerprint density at radius 2 is 2.00 bits per heavy atom. The molecule has 0 radical (unpaired) electrons. The summed E-state index contributed by atoms with van der Waals surface area (Å²) in [7, 11) is 0. The molecule has 0 saturated heterocycles. The molecule has 14 heavy (non-hydrogen) atoms. The first kappa shape index (κ1) is 10.2. The number of nitrogen functional groups attached to an aromatic ring is 2. The van der Waals surface area contributed by atoms with E-state index in [4.69, 9.17) is 16.2 Å². The van der Waals surface area contributed by atoms with Crippen molar-refractivity contribution in [3.8, 4) is 5.88 Å². The Balaban J connectivity index is 3.17. The van der Waals surface area contributed by atoms with E-state index in [0.29, 0.717) is 0 Å². The second-order valence-corrected chi connectivity index (χ2v) is 2.88. The molecule has 1 heterocycles. The topological polar surface area (TPSA) is 116 Å². The van der Waals surface area contributed by atoms with Gasteiger partial charge >= 0.3 is 0 Å². The van der Waals surface area contributed by atoms with Crippen molar-refractivity contribution in [2.24, 2.45) is 5.18 Å². The van der Waals surface area contributed by atoms with Crippen LogP contribution in [0.25, 0.3) is 0 Å². The Labute approximate surface area is 80.5 Å². The van der Waals surface area contributed by atoms with Crippen molar-refractivity contribution in [3.63, 3.8) is 0 Å². The second kappa shape index (κ2) is 3.86. The monoisotopic (exact) mass is 197 g/mol. The largest absolute Gasteiger partial charge is 0.473 e. The van der Waals surface area contributed by atoms with Gasteiger partial charge < -0.3 is 16.2 Å². The Bertz CT molecular complexity index is 352. The number of hydrogen-bond acceptors (Lipinski definition) is 7. The van der Waals surface area contributed by atoms with Crippen molar-refractivity contribution in [1.82, 2.24) is 9.97 Å². The lowest BCUT2D eigenvalue weighted by Crippen LogP contribution is -2.10. The number of nitrogens with zero attached hydrogens (tertiary/aromatic N) is 3. The molecule has 0 atom stereocenters. The molecule has 0 aliphatic rings. The third-order valence-electron chi connectivity index (χ3n) is 1.33. The van der Waals surface area contributed by atoms with E-state index in [0.717, 1.165) is 0 Å². The zero-order chi connectivity index (χ0) is 10.7. The first-order chi connectivity index (χ1) is 6.54. The molecule has 0 aliphatic carbocycles. The Morgan fingerprint density at radius 3 is 2.50 bits per heavy atom. The fourth-order valence-electron chi connectivity index (χ4n) is 0.859. The molecule has 1 aromatic rings. The summed E-state index contributed by atoms with van der Waals surface area (Å²) in [5.41, 5.74) is 10.6. The molecule has 0 aromatic carbocycles. The Hall–Kier alpha value is -1.92. The van der Waals surface area contributed by atoms with Crippen LogP contribution in [0.2, 0.25) is 0 Å². The Kier molecular flexibility index (Phi) is 2.80. The number of hydrogen-bond donors (Lipinski definition) is 2. The van der Waals surface area contributed by atoms with E-state index in [1.165, 1.54) is 0 Å². The highest BCUT2D eigenvalue weighted by Crippen LogP contribution is 2.31. The number of ether oxygens (including phenoxy) is 1. The standard InChI is InChI=1S/C7H11N5O2/c1-3(2)14-6-4(12-13)5(8)10-7(9)11-6/h3H,1-2H3,(H4,8,9,10,11). The molecule has 0 bridgehead atoms. The summed E-state index contributed by atoms with van der Waals surface area (Å²) < 4.78 is 5.19. The maximum Gasteiger partial charge on any atom is 0.251 e. The minimum atomic E-state index is -0.149. The molecule has 7 nitrogen and oxygen atoms in total. The van der Waals surface area contributed by atoms with Gasteiger partial charge in [0, 0.05) is 0 Å². The van der Waals surface area contributed by atoms with E-state index in [2.05, 4.69) is 15.1 Å². The number of rotatable bonds is 3. The smallest absolute Gasteiger partial charge is 0.251 e. The summed E-state index contributed by atoms with van der Waals surface area (Å²) in [6.45, 7) is 3.56. The highest BCUT2D eigenvalue weighted by atomic mass is 16.5. The van der Waals surface area contributed by atoms with Crippen LogP contribution in [0, 0.1) is 4.91 Å². The van der Waals surface area contributed by atoms with E-state index in [1.54, 1.807) is 13.8 Å². The molecule has 0 fully saturated rings. The summed E-state index contributed by atoms with van der Waals surface area (Å²) >= 11 is 0. The summed E-state index contributed by atoms with van der Waals surface area (Å²) in [4.78, 5) is 17.7. The molecule has 76 valence electrons. The van der Waals surface area contributed by atoms with Crippen LogP contribution >= 0.6 is 0 Å². The summed E-state index contributed by atoms with van der Waals surface area (Å²) in [5, 5.41) is 2.68. The molecule has 0 spiro atoms. The van der Waals surface area contributed by atoms with Crippen LogP contribution < -0.4 is 16.2 Å².